The number of nitrogens with zero attached hydrogens (tertiary/aromatic N) is 2. The summed E-state index contributed by atoms with van der Waals surface area (Å²) in [5.74, 6) is 1.27. The molecule has 0 unspecified atom stereocenters. The van der Waals surface area contributed by atoms with Crippen LogP contribution < -0.4 is 16.0 Å². The van der Waals surface area contributed by atoms with Gasteiger partial charge in [0, 0.05) is 12.1 Å². The molecule has 0 bridgehead atoms. The number of aromatic amines is 2. The molecule has 0 spiro atoms. The van der Waals surface area contributed by atoms with Gasteiger partial charge in [-0.3, -0.25) is 14.3 Å². The van der Waals surface area contributed by atoms with Gasteiger partial charge in [0.05, 0.1) is 7.11 Å². The molecule has 108 valence electrons. The molecule has 0 aliphatic rings. The monoisotopic (exact) mass is 286 g/mol. The van der Waals surface area contributed by atoms with Crippen LogP contribution in [0.1, 0.15) is 6.92 Å². The number of aryl methyl sites for hydroxylation is 1. The van der Waals surface area contributed by atoms with Crippen LogP contribution in [0.2, 0.25) is 0 Å². The smallest absolute Gasteiger partial charge is 0.330 e. The molecular formula is C14H14N4O3. The van der Waals surface area contributed by atoms with Crippen molar-refractivity contribution < 1.29 is 4.74 Å². The first kappa shape index (κ1) is 13.2. The van der Waals surface area contributed by atoms with Gasteiger partial charge in [0.2, 0.25) is 0 Å². The number of benzene rings is 1. The maximum atomic E-state index is 11.9. The summed E-state index contributed by atoms with van der Waals surface area (Å²) in [7, 11) is 1.59. The Morgan fingerprint density at radius 1 is 1.19 bits per heavy atom. The number of nitrogens with one attached hydrogen (secondary N) is 2. The Morgan fingerprint density at radius 3 is 2.52 bits per heavy atom. The lowest BCUT2D eigenvalue weighted by molar-refractivity contribution is 0.415. The van der Waals surface area contributed by atoms with Gasteiger partial charge in [-0.15, -0.1) is 0 Å². The molecule has 0 radical (unpaired) electrons. The summed E-state index contributed by atoms with van der Waals surface area (Å²) >= 11 is 0. The van der Waals surface area contributed by atoms with Crippen molar-refractivity contribution >= 4 is 11.2 Å². The van der Waals surface area contributed by atoms with Crippen LogP contribution in [-0.4, -0.2) is 26.6 Å². The Hall–Kier alpha value is -2.83. The van der Waals surface area contributed by atoms with E-state index in [1.54, 1.807) is 19.2 Å². The highest BCUT2D eigenvalue weighted by atomic mass is 16.5. The summed E-state index contributed by atoms with van der Waals surface area (Å²) in [6.07, 6.45) is 0. The van der Waals surface area contributed by atoms with Crippen LogP contribution in [0.15, 0.2) is 33.9 Å². The number of aromatic nitrogens is 4. The first-order valence-corrected chi connectivity index (χ1v) is 6.51. The Morgan fingerprint density at radius 2 is 1.90 bits per heavy atom. The van der Waals surface area contributed by atoms with Crippen LogP contribution in [0.5, 0.6) is 5.75 Å². The van der Waals surface area contributed by atoms with Gasteiger partial charge >= 0.3 is 5.69 Å². The largest absolute Gasteiger partial charge is 0.497 e. The van der Waals surface area contributed by atoms with Crippen molar-refractivity contribution in [1.29, 1.82) is 0 Å². The van der Waals surface area contributed by atoms with Gasteiger partial charge < -0.3 is 9.72 Å². The predicted molar refractivity (Wildman–Crippen MR) is 78.6 cm³/mol. The summed E-state index contributed by atoms with van der Waals surface area (Å²) in [4.78, 5) is 33.2. The highest BCUT2D eigenvalue weighted by Gasteiger charge is 2.13. The topological polar surface area (TPSA) is 92.8 Å². The first-order chi connectivity index (χ1) is 10.1. The van der Waals surface area contributed by atoms with Gasteiger partial charge in [0.25, 0.3) is 5.56 Å². The molecule has 1 aromatic carbocycles. The summed E-state index contributed by atoms with van der Waals surface area (Å²) in [6.45, 7) is 2.25. The average Bonchev–Trinajstić information content (AvgIpc) is 2.93. The van der Waals surface area contributed by atoms with Crippen molar-refractivity contribution in [1.82, 2.24) is 19.5 Å². The summed E-state index contributed by atoms with van der Waals surface area (Å²) in [5.41, 5.74) is 0.538. The Kier molecular flexibility index (Phi) is 3.09. The van der Waals surface area contributed by atoms with Crippen LogP contribution in [0.3, 0.4) is 0 Å². The molecule has 7 nitrogen and oxygen atoms in total. The molecule has 2 heterocycles. The summed E-state index contributed by atoms with van der Waals surface area (Å²) < 4.78 is 6.52. The molecule has 0 atom stereocenters. The Balaban J connectivity index is 2.23. The Bertz CT molecular complexity index is 903. The van der Waals surface area contributed by atoms with Crippen molar-refractivity contribution in [3.8, 4) is 17.1 Å². The second-order valence-corrected chi connectivity index (χ2v) is 4.52. The molecule has 7 heteroatoms. The fourth-order valence-corrected chi connectivity index (χ4v) is 2.22. The van der Waals surface area contributed by atoms with E-state index in [0.29, 0.717) is 23.5 Å². The van der Waals surface area contributed by atoms with Gasteiger partial charge in [-0.1, -0.05) is 0 Å². The lowest BCUT2D eigenvalue weighted by Gasteiger charge is -2.00. The third-order valence-corrected chi connectivity index (χ3v) is 3.31. The van der Waals surface area contributed by atoms with E-state index in [9.17, 15) is 9.59 Å². The number of methoxy groups -OCH3 is 1. The SMILES string of the molecule is CCn1c(=O)[nH]c(=O)c2[nH]c(-c3ccc(OC)cc3)nc21. The maximum Gasteiger partial charge on any atom is 0.330 e. The van der Waals surface area contributed by atoms with Crippen molar-refractivity contribution in [2.75, 3.05) is 7.11 Å². The Labute approximate surface area is 119 Å². The molecule has 3 aromatic rings. The van der Waals surface area contributed by atoms with E-state index >= 15 is 0 Å². The second-order valence-electron chi connectivity index (χ2n) is 4.52. The zero-order valence-corrected chi connectivity index (χ0v) is 11.6. The number of H-pyrrole nitrogens is 2. The van der Waals surface area contributed by atoms with E-state index in [0.717, 1.165) is 11.3 Å². The molecule has 0 saturated carbocycles. The minimum Gasteiger partial charge on any atom is -0.497 e. The fourth-order valence-electron chi connectivity index (χ4n) is 2.22. The molecular weight excluding hydrogens is 272 g/mol. The first-order valence-electron chi connectivity index (χ1n) is 6.51. The van der Waals surface area contributed by atoms with E-state index in [1.165, 1.54) is 4.57 Å². The minimum atomic E-state index is -0.466. The summed E-state index contributed by atoms with van der Waals surface area (Å²) in [6, 6.07) is 7.28. The second kappa shape index (κ2) is 4.93. The van der Waals surface area contributed by atoms with Crippen LogP contribution in [-0.2, 0) is 6.54 Å². The van der Waals surface area contributed by atoms with E-state index in [-0.39, 0.29) is 0 Å². The van der Waals surface area contributed by atoms with Crippen molar-refractivity contribution in [2.24, 2.45) is 0 Å². The maximum absolute atomic E-state index is 11.9. The van der Waals surface area contributed by atoms with Gasteiger partial charge in [-0.25, -0.2) is 9.78 Å². The van der Waals surface area contributed by atoms with Crippen molar-refractivity contribution in [2.45, 2.75) is 13.5 Å². The van der Waals surface area contributed by atoms with Gasteiger partial charge in [-0.2, -0.15) is 0 Å². The highest BCUT2D eigenvalue weighted by Crippen LogP contribution is 2.21. The third-order valence-electron chi connectivity index (χ3n) is 3.31. The molecule has 0 amide bonds. The van der Waals surface area contributed by atoms with E-state index in [4.69, 9.17) is 4.74 Å². The van der Waals surface area contributed by atoms with Gasteiger partial charge in [0.1, 0.15) is 17.1 Å². The predicted octanol–water partition coefficient (Wildman–Crippen LogP) is 1.11. The van der Waals surface area contributed by atoms with Crippen LogP contribution in [0, 0.1) is 0 Å². The van der Waals surface area contributed by atoms with E-state index in [1.807, 2.05) is 19.1 Å². The van der Waals surface area contributed by atoms with Gasteiger partial charge in [0.15, 0.2) is 5.65 Å². The lowest BCUT2D eigenvalue weighted by atomic mass is 10.2. The fraction of sp³-hybridized carbons (Fsp3) is 0.214. The van der Waals surface area contributed by atoms with Crippen LogP contribution in [0.4, 0.5) is 0 Å². The molecule has 2 aromatic heterocycles. The number of hydrogen-bond donors (Lipinski definition) is 2. The number of fused-ring (bicyclic) bond motifs is 1. The quantitative estimate of drug-likeness (QED) is 0.754. The molecule has 0 aliphatic carbocycles. The third kappa shape index (κ3) is 2.12. The average molecular weight is 286 g/mol. The molecule has 21 heavy (non-hydrogen) atoms. The van der Waals surface area contributed by atoms with E-state index in [2.05, 4.69) is 15.0 Å². The lowest BCUT2D eigenvalue weighted by Crippen LogP contribution is -2.29. The normalized spacial score (nSPS) is 11.0. The number of ether oxygens (including phenoxy) is 1. The number of imidazole rings is 1. The molecule has 2 N–H and O–H groups in total. The molecule has 3 rings (SSSR count). The highest BCUT2D eigenvalue weighted by molar-refractivity contribution is 5.75. The van der Waals surface area contributed by atoms with Crippen LogP contribution in [0.25, 0.3) is 22.6 Å². The van der Waals surface area contributed by atoms with E-state index < -0.39 is 11.2 Å². The molecule has 0 aliphatic heterocycles. The van der Waals surface area contributed by atoms with Gasteiger partial charge in [-0.05, 0) is 31.2 Å². The molecule has 0 saturated heterocycles. The summed E-state index contributed by atoms with van der Waals surface area (Å²) in [5, 5.41) is 0. The van der Waals surface area contributed by atoms with Crippen LogP contribution >= 0.6 is 0 Å². The number of rotatable bonds is 3. The minimum absolute atomic E-state index is 0.294. The van der Waals surface area contributed by atoms with Crippen molar-refractivity contribution in [3.05, 3.63) is 45.1 Å². The zero-order valence-electron chi connectivity index (χ0n) is 11.6. The number of hydrogen-bond acceptors (Lipinski definition) is 4. The zero-order chi connectivity index (χ0) is 15.0. The standard InChI is InChI=1S/C14H14N4O3/c1-3-18-12-10(13(19)17-14(18)20)15-11(16-12)8-4-6-9(21-2)7-5-8/h4-7H,3H2,1-2H3,(H,15,16)(H,17,19,20). The molecule has 0 fully saturated rings. The van der Waals surface area contributed by atoms with Crippen molar-refractivity contribution in [3.63, 3.8) is 0 Å².